The van der Waals surface area contributed by atoms with Crippen LogP contribution in [-0.4, -0.2) is 6.04 Å². The fourth-order valence-electron chi connectivity index (χ4n) is 3.78. The van der Waals surface area contributed by atoms with E-state index in [1.807, 2.05) is 0 Å². The zero-order valence-corrected chi connectivity index (χ0v) is 10.3. The average molecular weight is 209 g/mol. The van der Waals surface area contributed by atoms with E-state index in [1.54, 1.807) is 0 Å². The third-order valence-corrected chi connectivity index (χ3v) is 4.89. The second-order valence-corrected chi connectivity index (χ2v) is 5.82. The van der Waals surface area contributed by atoms with Crippen molar-refractivity contribution in [1.29, 1.82) is 0 Å². The molecule has 0 heterocycles. The van der Waals surface area contributed by atoms with Gasteiger partial charge in [-0.2, -0.15) is 0 Å². The van der Waals surface area contributed by atoms with E-state index in [0.29, 0.717) is 6.04 Å². The molecular weight excluding hydrogens is 182 g/mol. The van der Waals surface area contributed by atoms with Gasteiger partial charge in [-0.25, -0.2) is 0 Å². The summed E-state index contributed by atoms with van der Waals surface area (Å²) in [4.78, 5) is 0. The molecule has 0 aliphatic heterocycles. The Hall–Kier alpha value is -0.0400. The summed E-state index contributed by atoms with van der Waals surface area (Å²) in [6.07, 6.45) is 12.8. The van der Waals surface area contributed by atoms with Crippen LogP contribution in [0, 0.1) is 17.8 Å². The third-order valence-electron chi connectivity index (χ3n) is 4.89. The normalized spacial score (nSPS) is 35.6. The lowest BCUT2D eigenvalue weighted by Gasteiger charge is -2.35. The summed E-state index contributed by atoms with van der Waals surface area (Å²) >= 11 is 0. The lowest BCUT2D eigenvalue weighted by molar-refractivity contribution is 0.194. The maximum absolute atomic E-state index is 6.47. The lowest BCUT2D eigenvalue weighted by Crippen LogP contribution is -2.39. The second-order valence-electron chi connectivity index (χ2n) is 5.82. The molecule has 2 aliphatic carbocycles. The van der Waals surface area contributed by atoms with Gasteiger partial charge in [0.2, 0.25) is 0 Å². The van der Waals surface area contributed by atoms with Crippen LogP contribution >= 0.6 is 0 Å². The summed E-state index contributed by atoms with van der Waals surface area (Å²) in [7, 11) is 0. The molecule has 0 radical (unpaired) electrons. The topological polar surface area (TPSA) is 26.0 Å². The maximum Gasteiger partial charge on any atom is 0.00957 e. The van der Waals surface area contributed by atoms with Crippen molar-refractivity contribution in [2.45, 2.75) is 70.8 Å². The highest BCUT2D eigenvalue weighted by molar-refractivity contribution is 4.86. The van der Waals surface area contributed by atoms with E-state index in [-0.39, 0.29) is 0 Å². The van der Waals surface area contributed by atoms with Crippen molar-refractivity contribution in [3.05, 3.63) is 0 Å². The van der Waals surface area contributed by atoms with Gasteiger partial charge in [-0.05, 0) is 43.4 Å². The fraction of sp³-hybridized carbons (Fsp3) is 1.00. The van der Waals surface area contributed by atoms with Crippen molar-refractivity contribution in [1.82, 2.24) is 0 Å². The van der Waals surface area contributed by atoms with Crippen LogP contribution in [0.5, 0.6) is 0 Å². The van der Waals surface area contributed by atoms with Gasteiger partial charge in [0.25, 0.3) is 0 Å². The van der Waals surface area contributed by atoms with Gasteiger partial charge in [-0.1, -0.05) is 39.0 Å². The van der Waals surface area contributed by atoms with Crippen molar-refractivity contribution in [3.8, 4) is 0 Å². The molecule has 0 aromatic heterocycles. The zero-order chi connectivity index (χ0) is 10.7. The van der Waals surface area contributed by atoms with Gasteiger partial charge in [0.15, 0.2) is 0 Å². The average Bonchev–Trinajstić information content (AvgIpc) is 2.81. The van der Waals surface area contributed by atoms with Crippen LogP contribution in [0.15, 0.2) is 0 Å². The summed E-state index contributed by atoms with van der Waals surface area (Å²) in [6.45, 7) is 2.34. The first kappa shape index (κ1) is 11.4. The molecule has 1 nitrogen and oxygen atoms in total. The Kier molecular flexibility index (Phi) is 4.07. The molecule has 2 saturated carbocycles. The summed E-state index contributed by atoms with van der Waals surface area (Å²) < 4.78 is 0. The molecule has 0 aromatic rings. The molecule has 0 saturated heterocycles. The van der Waals surface area contributed by atoms with Crippen molar-refractivity contribution < 1.29 is 0 Å². The fourth-order valence-corrected chi connectivity index (χ4v) is 3.78. The van der Waals surface area contributed by atoms with Crippen molar-refractivity contribution in [2.24, 2.45) is 23.5 Å². The van der Waals surface area contributed by atoms with E-state index in [2.05, 4.69) is 6.92 Å². The van der Waals surface area contributed by atoms with Gasteiger partial charge in [-0.3, -0.25) is 0 Å². The molecule has 15 heavy (non-hydrogen) atoms. The van der Waals surface area contributed by atoms with Crippen LogP contribution in [0.2, 0.25) is 0 Å². The van der Waals surface area contributed by atoms with Crippen LogP contribution in [0.25, 0.3) is 0 Å². The molecule has 0 aromatic carbocycles. The van der Waals surface area contributed by atoms with E-state index in [0.717, 1.165) is 17.8 Å². The summed E-state index contributed by atoms with van der Waals surface area (Å²) in [5.41, 5.74) is 6.47. The Balaban J connectivity index is 1.85. The summed E-state index contributed by atoms with van der Waals surface area (Å²) in [6, 6.07) is 0.529. The number of rotatable bonds is 3. The molecular formula is C14H27N. The molecule has 2 rings (SSSR count). The smallest absolute Gasteiger partial charge is 0.00957 e. The number of hydrogen-bond acceptors (Lipinski definition) is 1. The first-order chi connectivity index (χ1) is 7.31. The molecule has 0 bridgehead atoms. The van der Waals surface area contributed by atoms with Gasteiger partial charge < -0.3 is 5.73 Å². The van der Waals surface area contributed by atoms with Crippen LogP contribution in [0.1, 0.15) is 64.7 Å². The van der Waals surface area contributed by atoms with Crippen LogP contribution in [-0.2, 0) is 0 Å². The molecule has 88 valence electrons. The Bertz CT molecular complexity index is 184. The van der Waals surface area contributed by atoms with E-state index >= 15 is 0 Å². The van der Waals surface area contributed by atoms with E-state index < -0.39 is 0 Å². The van der Waals surface area contributed by atoms with Crippen molar-refractivity contribution in [3.63, 3.8) is 0 Å². The monoisotopic (exact) mass is 209 g/mol. The minimum absolute atomic E-state index is 0.529. The standard InChI is InChI=1S/C14H27N/c1-2-11-6-5-9-13(10-11)14(15)12-7-3-4-8-12/h11-14H,2-10,15H2,1H3. The highest BCUT2D eigenvalue weighted by Crippen LogP contribution is 2.38. The number of nitrogens with two attached hydrogens (primary N) is 1. The van der Waals surface area contributed by atoms with Gasteiger partial charge >= 0.3 is 0 Å². The molecule has 1 heteroatoms. The SMILES string of the molecule is CCC1CCCC(C(N)C2CCCC2)C1. The predicted molar refractivity (Wildman–Crippen MR) is 65.7 cm³/mol. The van der Waals surface area contributed by atoms with Gasteiger partial charge in [0.05, 0.1) is 0 Å². The minimum atomic E-state index is 0.529. The van der Waals surface area contributed by atoms with E-state index in [4.69, 9.17) is 5.73 Å². The molecule has 2 aliphatic rings. The molecule has 2 fully saturated rings. The van der Waals surface area contributed by atoms with Crippen molar-refractivity contribution >= 4 is 0 Å². The maximum atomic E-state index is 6.47. The Labute approximate surface area is 94.8 Å². The van der Waals surface area contributed by atoms with Gasteiger partial charge in [0, 0.05) is 6.04 Å². The first-order valence-corrected chi connectivity index (χ1v) is 7.06. The number of hydrogen-bond donors (Lipinski definition) is 1. The lowest BCUT2D eigenvalue weighted by atomic mass is 9.73. The largest absolute Gasteiger partial charge is 0.327 e. The van der Waals surface area contributed by atoms with Crippen LogP contribution < -0.4 is 5.73 Å². The van der Waals surface area contributed by atoms with E-state index in [9.17, 15) is 0 Å². The van der Waals surface area contributed by atoms with Gasteiger partial charge in [-0.15, -0.1) is 0 Å². The molecule has 0 amide bonds. The molecule has 2 N–H and O–H groups in total. The second kappa shape index (κ2) is 5.34. The molecule has 3 atom stereocenters. The molecule has 3 unspecified atom stereocenters. The Morgan fingerprint density at radius 3 is 2.33 bits per heavy atom. The van der Waals surface area contributed by atoms with Crippen molar-refractivity contribution in [2.75, 3.05) is 0 Å². The highest BCUT2D eigenvalue weighted by Gasteiger charge is 2.31. The zero-order valence-electron chi connectivity index (χ0n) is 10.3. The van der Waals surface area contributed by atoms with Gasteiger partial charge in [0.1, 0.15) is 0 Å². The predicted octanol–water partition coefficient (Wildman–Crippen LogP) is 3.72. The minimum Gasteiger partial charge on any atom is -0.327 e. The third kappa shape index (κ3) is 2.75. The molecule has 0 spiro atoms. The van der Waals surface area contributed by atoms with E-state index in [1.165, 1.54) is 57.8 Å². The van der Waals surface area contributed by atoms with Crippen LogP contribution in [0.4, 0.5) is 0 Å². The highest BCUT2D eigenvalue weighted by atomic mass is 14.7. The van der Waals surface area contributed by atoms with Crippen LogP contribution in [0.3, 0.4) is 0 Å². The first-order valence-electron chi connectivity index (χ1n) is 7.06. The summed E-state index contributed by atoms with van der Waals surface area (Å²) in [5.74, 6) is 2.70. The Morgan fingerprint density at radius 1 is 1.00 bits per heavy atom. The Morgan fingerprint density at radius 2 is 1.67 bits per heavy atom. The summed E-state index contributed by atoms with van der Waals surface area (Å²) in [5, 5.41) is 0. The quantitative estimate of drug-likeness (QED) is 0.753.